The summed E-state index contributed by atoms with van der Waals surface area (Å²) in [4.78, 5) is 27.1. The zero-order valence-corrected chi connectivity index (χ0v) is 18.1. The molecule has 0 saturated carbocycles. The third-order valence-electron chi connectivity index (χ3n) is 5.66. The molecule has 7 nitrogen and oxygen atoms in total. The molecule has 3 aromatic rings. The Morgan fingerprint density at radius 3 is 2.47 bits per heavy atom. The first-order chi connectivity index (χ1) is 15.6. The Hall–Kier alpha value is -3.32. The van der Waals surface area contributed by atoms with Crippen molar-refractivity contribution in [2.75, 3.05) is 19.7 Å². The molecule has 0 bridgehead atoms. The van der Waals surface area contributed by atoms with E-state index in [1.165, 1.54) is 25.2 Å². The summed E-state index contributed by atoms with van der Waals surface area (Å²) in [5, 5.41) is 10.8. The highest BCUT2D eigenvalue weighted by atomic mass is 16.5. The number of rotatable bonds is 6. The normalized spacial score (nSPS) is 14.8. The van der Waals surface area contributed by atoms with Gasteiger partial charge in [-0.3, -0.25) is 9.69 Å². The minimum absolute atomic E-state index is 0.0350. The number of nitrogens with zero attached hydrogens (tertiary/aromatic N) is 1. The lowest BCUT2D eigenvalue weighted by atomic mass is 10.1. The molecule has 4 rings (SSSR count). The lowest BCUT2D eigenvalue weighted by molar-refractivity contribution is 0.0526. The van der Waals surface area contributed by atoms with Crippen LogP contribution in [0.15, 0.2) is 51.9 Å². The minimum atomic E-state index is -0.416. The van der Waals surface area contributed by atoms with Crippen LogP contribution in [0.5, 0.6) is 17.2 Å². The number of carbonyl (C=O) groups is 1. The highest BCUT2D eigenvalue weighted by Gasteiger charge is 2.19. The van der Waals surface area contributed by atoms with Crippen molar-refractivity contribution >= 4 is 16.9 Å². The Labute approximate surface area is 186 Å². The molecule has 2 aromatic carbocycles. The molecule has 0 aliphatic carbocycles. The first-order valence-electron chi connectivity index (χ1n) is 11.0. The summed E-state index contributed by atoms with van der Waals surface area (Å²) >= 11 is 0. The number of fused-ring (bicyclic) bond motifs is 1. The summed E-state index contributed by atoms with van der Waals surface area (Å²) in [6.45, 7) is 4.49. The van der Waals surface area contributed by atoms with Crippen LogP contribution in [0, 0.1) is 0 Å². The molecule has 7 heteroatoms. The average molecular weight is 437 g/mol. The van der Waals surface area contributed by atoms with Gasteiger partial charge in [-0.2, -0.15) is 0 Å². The van der Waals surface area contributed by atoms with Gasteiger partial charge in [0.1, 0.15) is 23.3 Å². The number of phenolic OH excluding ortho intramolecular Hbond substituents is 1. The minimum Gasteiger partial charge on any atom is -0.507 e. The van der Waals surface area contributed by atoms with Crippen LogP contribution in [-0.2, 0) is 11.3 Å². The van der Waals surface area contributed by atoms with Gasteiger partial charge in [0.2, 0.25) is 11.2 Å². The molecule has 0 amide bonds. The molecule has 1 fully saturated rings. The molecule has 1 aliphatic rings. The third kappa shape index (κ3) is 4.78. The van der Waals surface area contributed by atoms with Crippen molar-refractivity contribution in [2.45, 2.75) is 39.2 Å². The van der Waals surface area contributed by atoms with Crippen LogP contribution >= 0.6 is 0 Å². The second kappa shape index (κ2) is 9.87. The van der Waals surface area contributed by atoms with Crippen molar-refractivity contribution in [1.82, 2.24) is 4.90 Å². The zero-order chi connectivity index (χ0) is 22.5. The van der Waals surface area contributed by atoms with Crippen LogP contribution in [0.3, 0.4) is 0 Å². The summed E-state index contributed by atoms with van der Waals surface area (Å²) < 4.78 is 16.5. The fourth-order valence-electron chi connectivity index (χ4n) is 3.97. The first kappa shape index (κ1) is 21.9. The number of carbonyl (C=O) groups excluding carboxylic acids is 1. The lowest BCUT2D eigenvalue weighted by Gasteiger charge is -2.20. The monoisotopic (exact) mass is 437 g/mol. The summed E-state index contributed by atoms with van der Waals surface area (Å²) in [6.07, 6.45) is 5.96. The molecule has 1 aromatic heterocycles. The Balaban J connectivity index is 1.59. The largest absolute Gasteiger partial charge is 0.507 e. The van der Waals surface area contributed by atoms with Crippen LogP contribution in [0.1, 0.15) is 48.5 Å². The maximum atomic E-state index is 13.0. The standard InChI is InChI=1S/C25H27NO6/c1-2-30-25(29)17-7-9-18(10-8-17)32-22-16-31-24-19(23(22)28)11-12-21(27)20(24)15-26-13-5-3-4-6-14-26/h7-12,16,27H,2-6,13-15H2,1H3. The van der Waals surface area contributed by atoms with E-state index >= 15 is 0 Å². The van der Waals surface area contributed by atoms with Gasteiger partial charge in [0, 0.05) is 6.54 Å². The molecule has 1 aliphatic heterocycles. The van der Waals surface area contributed by atoms with Crippen molar-refractivity contribution in [3.63, 3.8) is 0 Å². The van der Waals surface area contributed by atoms with Gasteiger partial charge in [0.15, 0.2) is 0 Å². The number of phenols is 1. The second-order valence-corrected chi connectivity index (χ2v) is 7.91. The molecule has 2 heterocycles. The van der Waals surface area contributed by atoms with Gasteiger partial charge < -0.3 is 19.0 Å². The number of likely N-dealkylation sites (tertiary alicyclic amines) is 1. The van der Waals surface area contributed by atoms with Crippen LogP contribution in [0.2, 0.25) is 0 Å². The van der Waals surface area contributed by atoms with Crippen LogP contribution in [-0.4, -0.2) is 35.7 Å². The number of hydrogen-bond donors (Lipinski definition) is 1. The van der Waals surface area contributed by atoms with E-state index in [0.717, 1.165) is 25.9 Å². The van der Waals surface area contributed by atoms with E-state index in [4.69, 9.17) is 13.9 Å². The van der Waals surface area contributed by atoms with Crippen LogP contribution in [0.4, 0.5) is 0 Å². The predicted octanol–water partition coefficient (Wildman–Crippen LogP) is 4.84. The van der Waals surface area contributed by atoms with Crippen molar-refractivity contribution in [2.24, 2.45) is 0 Å². The van der Waals surface area contributed by atoms with E-state index in [9.17, 15) is 14.7 Å². The van der Waals surface area contributed by atoms with E-state index < -0.39 is 5.97 Å². The van der Waals surface area contributed by atoms with Gasteiger partial charge in [0.25, 0.3) is 0 Å². The molecule has 0 radical (unpaired) electrons. The quantitative estimate of drug-likeness (QED) is 0.552. The number of esters is 1. The van der Waals surface area contributed by atoms with E-state index in [1.807, 2.05) is 0 Å². The van der Waals surface area contributed by atoms with Crippen molar-refractivity contribution in [3.8, 4) is 17.2 Å². The van der Waals surface area contributed by atoms with E-state index in [1.54, 1.807) is 37.3 Å². The molecule has 0 unspecified atom stereocenters. The summed E-state index contributed by atoms with van der Waals surface area (Å²) in [5.74, 6) is 0.134. The summed E-state index contributed by atoms with van der Waals surface area (Å²) in [5.41, 5.74) is 1.08. The highest BCUT2D eigenvalue weighted by Crippen LogP contribution is 2.30. The maximum absolute atomic E-state index is 13.0. The van der Waals surface area contributed by atoms with Crippen molar-refractivity contribution < 1.29 is 23.8 Å². The Morgan fingerprint density at radius 1 is 1.06 bits per heavy atom. The molecule has 168 valence electrons. The van der Waals surface area contributed by atoms with Crippen molar-refractivity contribution in [1.29, 1.82) is 0 Å². The number of benzene rings is 2. The van der Waals surface area contributed by atoms with Gasteiger partial charge in [-0.05, 0) is 69.3 Å². The zero-order valence-electron chi connectivity index (χ0n) is 18.1. The van der Waals surface area contributed by atoms with Crippen molar-refractivity contribution in [3.05, 3.63) is 64.0 Å². The fourth-order valence-corrected chi connectivity index (χ4v) is 3.97. The smallest absolute Gasteiger partial charge is 0.338 e. The van der Waals surface area contributed by atoms with E-state index in [2.05, 4.69) is 4.90 Å². The third-order valence-corrected chi connectivity index (χ3v) is 5.66. The van der Waals surface area contributed by atoms with Gasteiger partial charge in [-0.15, -0.1) is 0 Å². The summed E-state index contributed by atoms with van der Waals surface area (Å²) in [7, 11) is 0. The van der Waals surface area contributed by atoms with Crippen LogP contribution < -0.4 is 10.2 Å². The molecule has 0 atom stereocenters. The fraction of sp³-hybridized carbons (Fsp3) is 0.360. The SMILES string of the molecule is CCOC(=O)c1ccc(Oc2coc3c(CN4CCCCCC4)c(O)ccc3c2=O)cc1. The van der Waals surface area contributed by atoms with Gasteiger partial charge in [-0.1, -0.05) is 12.8 Å². The van der Waals surface area contributed by atoms with E-state index in [-0.39, 0.29) is 16.9 Å². The predicted molar refractivity (Wildman–Crippen MR) is 120 cm³/mol. The Kier molecular flexibility index (Phi) is 6.75. The maximum Gasteiger partial charge on any atom is 0.338 e. The van der Waals surface area contributed by atoms with Gasteiger partial charge in [0.05, 0.1) is 23.1 Å². The number of ether oxygens (including phenoxy) is 2. The molecular formula is C25H27NO6. The second-order valence-electron chi connectivity index (χ2n) is 7.91. The number of hydrogen-bond acceptors (Lipinski definition) is 7. The molecule has 32 heavy (non-hydrogen) atoms. The molecule has 1 saturated heterocycles. The molecule has 0 spiro atoms. The van der Waals surface area contributed by atoms with Crippen LogP contribution in [0.25, 0.3) is 11.0 Å². The van der Waals surface area contributed by atoms with Gasteiger partial charge in [-0.25, -0.2) is 4.79 Å². The Morgan fingerprint density at radius 2 is 1.78 bits per heavy atom. The van der Waals surface area contributed by atoms with Gasteiger partial charge >= 0.3 is 5.97 Å². The first-order valence-corrected chi connectivity index (χ1v) is 11.0. The molecular weight excluding hydrogens is 410 g/mol. The highest BCUT2D eigenvalue weighted by molar-refractivity contribution is 5.89. The summed E-state index contributed by atoms with van der Waals surface area (Å²) in [6, 6.07) is 9.43. The van der Waals surface area contributed by atoms with E-state index in [0.29, 0.717) is 41.0 Å². The molecule has 1 N–H and O–H groups in total. The topological polar surface area (TPSA) is 89.2 Å². The number of aromatic hydroxyl groups is 1. The lowest BCUT2D eigenvalue weighted by Crippen LogP contribution is -2.24. The Bertz CT molecular complexity index is 1140. The average Bonchev–Trinajstić information content (AvgIpc) is 3.07.